The topological polar surface area (TPSA) is 51.2 Å². The molecular formula is C18H21I3O3. The summed E-state index contributed by atoms with van der Waals surface area (Å²) in [5.41, 5.74) is 1.22. The Kier molecular flexibility index (Phi) is 7.09. The van der Waals surface area contributed by atoms with Gasteiger partial charge in [0.1, 0.15) is 0 Å². The molecule has 0 atom stereocenters. The Morgan fingerprint density at radius 3 is 0.875 bits per heavy atom. The molecule has 0 unspecified atom stereocenters. The molecule has 132 valence electrons. The molecule has 1 aromatic carbocycles. The van der Waals surface area contributed by atoms with Crippen LogP contribution in [0.15, 0.2) is 18.2 Å². The third kappa shape index (κ3) is 5.72. The van der Waals surface area contributed by atoms with E-state index < -0.39 is 10.3 Å². The number of ketones is 3. The van der Waals surface area contributed by atoms with Crippen LogP contribution >= 0.6 is 67.8 Å². The standard InChI is InChI=1S/C18H21I3O3/c1-16(2,19)13(22)10-7-11(14(23)17(3,4)20)9-12(8-10)15(24)18(5,6)21/h7-9H,1-6H3. The summed E-state index contributed by atoms with van der Waals surface area (Å²) >= 11 is 6.22. The molecule has 0 aliphatic carbocycles. The largest absolute Gasteiger partial charge is 0.293 e. The van der Waals surface area contributed by atoms with Gasteiger partial charge in [-0.3, -0.25) is 14.4 Å². The number of hydrogen-bond acceptors (Lipinski definition) is 3. The second-order valence-electron chi connectivity index (χ2n) is 7.20. The molecule has 1 rings (SSSR count). The highest BCUT2D eigenvalue weighted by molar-refractivity contribution is 14.1. The van der Waals surface area contributed by atoms with Gasteiger partial charge in [-0.2, -0.15) is 0 Å². The number of carbonyl (C=O) groups is 3. The molecule has 3 nitrogen and oxygen atoms in total. The summed E-state index contributed by atoms with van der Waals surface area (Å²) in [4.78, 5) is 38.0. The van der Waals surface area contributed by atoms with Crippen LogP contribution in [0.2, 0.25) is 0 Å². The number of alkyl halides is 3. The van der Waals surface area contributed by atoms with Crippen molar-refractivity contribution in [3.63, 3.8) is 0 Å². The van der Waals surface area contributed by atoms with Crippen molar-refractivity contribution in [3.05, 3.63) is 34.9 Å². The van der Waals surface area contributed by atoms with Crippen molar-refractivity contribution in [2.45, 2.75) is 51.8 Å². The van der Waals surface area contributed by atoms with E-state index in [-0.39, 0.29) is 17.3 Å². The summed E-state index contributed by atoms with van der Waals surface area (Å²) < 4.78 is -1.84. The molecule has 0 fully saturated rings. The van der Waals surface area contributed by atoms with Gasteiger partial charge in [-0.05, 0) is 59.7 Å². The Morgan fingerprint density at radius 1 is 0.583 bits per heavy atom. The second kappa shape index (κ2) is 7.58. The number of Topliss-reactive ketones (excluding diaryl/α,β-unsaturated/α-hetero) is 3. The zero-order valence-corrected chi connectivity index (χ0v) is 21.1. The summed E-state index contributed by atoms with van der Waals surface area (Å²) in [6, 6.07) is 4.84. The average Bonchev–Trinajstić information content (AvgIpc) is 2.41. The fourth-order valence-corrected chi connectivity index (χ4v) is 2.98. The highest BCUT2D eigenvalue weighted by atomic mass is 127. The van der Waals surface area contributed by atoms with Gasteiger partial charge in [-0.25, -0.2) is 0 Å². The van der Waals surface area contributed by atoms with E-state index in [1.807, 2.05) is 41.5 Å². The maximum absolute atomic E-state index is 12.7. The Morgan fingerprint density at radius 2 is 0.750 bits per heavy atom. The van der Waals surface area contributed by atoms with Gasteiger partial charge in [0, 0.05) is 16.7 Å². The van der Waals surface area contributed by atoms with Crippen molar-refractivity contribution < 1.29 is 14.4 Å². The molecule has 0 radical (unpaired) electrons. The van der Waals surface area contributed by atoms with Crippen LogP contribution in [0.4, 0.5) is 0 Å². The number of rotatable bonds is 6. The van der Waals surface area contributed by atoms with Gasteiger partial charge in [-0.15, -0.1) is 0 Å². The van der Waals surface area contributed by atoms with Crippen molar-refractivity contribution in [3.8, 4) is 0 Å². The zero-order chi connectivity index (χ0) is 19.1. The molecule has 6 heteroatoms. The van der Waals surface area contributed by atoms with Gasteiger partial charge >= 0.3 is 0 Å². The van der Waals surface area contributed by atoms with E-state index in [1.165, 1.54) is 0 Å². The summed E-state index contributed by atoms with van der Waals surface area (Å²) in [6.45, 7) is 10.9. The average molecular weight is 666 g/mol. The molecule has 0 saturated heterocycles. The predicted octanol–water partition coefficient (Wildman–Crippen LogP) is 5.88. The first-order valence-corrected chi connectivity index (χ1v) is 10.6. The van der Waals surface area contributed by atoms with Gasteiger partial charge in [0.05, 0.1) is 10.3 Å². The summed E-state index contributed by atoms with van der Waals surface area (Å²) in [7, 11) is 0. The Labute approximate surface area is 184 Å². The van der Waals surface area contributed by atoms with Gasteiger partial charge < -0.3 is 0 Å². The predicted molar refractivity (Wildman–Crippen MR) is 124 cm³/mol. The molecule has 0 spiro atoms. The van der Waals surface area contributed by atoms with Crippen LogP contribution in [-0.4, -0.2) is 27.6 Å². The first-order chi connectivity index (χ1) is 10.5. The van der Waals surface area contributed by atoms with Crippen molar-refractivity contribution in [2.75, 3.05) is 0 Å². The Bertz CT molecular complexity index is 579. The second-order valence-corrected chi connectivity index (χ2v) is 15.3. The maximum Gasteiger partial charge on any atom is 0.178 e. The van der Waals surface area contributed by atoms with Gasteiger partial charge in [0.2, 0.25) is 0 Å². The molecule has 0 aliphatic rings. The molecule has 0 N–H and O–H groups in total. The maximum atomic E-state index is 12.7. The Hall–Kier alpha value is 0.420. The molecule has 1 aromatic rings. The van der Waals surface area contributed by atoms with E-state index in [1.54, 1.807) is 18.2 Å². The molecule has 0 saturated carbocycles. The molecule has 0 heterocycles. The van der Waals surface area contributed by atoms with E-state index in [9.17, 15) is 14.4 Å². The monoisotopic (exact) mass is 666 g/mol. The lowest BCUT2D eigenvalue weighted by atomic mass is 9.90. The van der Waals surface area contributed by atoms with E-state index in [4.69, 9.17) is 0 Å². The van der Waals surface area contributed by atoms with Crippen LogP contribution in [0.25, 0.3) is 0 Å². The molecule has 0 aliphatic heterocycles. The van der Waals surface area contributed by atoms with Crippen LogP contribution in [0.3, 0.4) is 0 Å². The van der Waals surface area contributed by atoms with E-state index in [0.29, 0.717) is 16.7 Å². The highest BCUT2D eigenvalue weighted by Gasteiger charge is 2.32. The fraction of sp³-hybridized carbons (Fsp3) is 0.500. The first kappa shape index (κ1) is 22.5. The minimum atomic E-state index is -0.612. The van der Waals surface area contributed by atoms with Crippen LogP contribution in [0.5, 0.6) is 0 Å². The number of benzene rings is 1. The Balaban J connectivity index is 3.60. The third-order valence-electron chi connectivity index (χ3n) is 3.34. The van der Waals surface area contributed by atoms with Crippen LogP contribution in [-0.2, 0) is 0 Å². The SMILES string of the molecule is CC(C)(I)C(=O)c1cc(C(=O)C(C)(C)I)cc(C(=O)C(C)(C)I)c1. The summed E-state index contributed by atoms with van der Waals surface area (Å²) in [6.07, 6.45) is 0. The van der Waals surface area contributed by atoms with Crippen molar-refractivity contribution in [1.82, 2.24) is 0 Å². The zero-order valence-electron chi connectivity index (χ0n) is 14.6. The normalized spacial score (nSPS) is 12.9. The smallest absolute Gasteiger partial charge is 0.178 e. The van der Waals surface area contributed by atoms with Gasteiger partial charge in [-0.1, -0.05) is 67.8 Å². The van der Waals surface area contributed by atoms with Crippen LogP contribution < -0.4 is 0 Å². The lowest BCUT2D eigenvalue weighted by Crippen LogP contribution is -2.29. The number of hydrogen-bond donors (Lipinski definition) is 0. The molecule has 0 bridgehead atoms. The number of carbonyl (C=O) groups excluding carboxylic acids is 3. The molecule has 0 aromatic heterocycles. The highest BCUT2D eigenvalue weighted by Crippen LogP contribution is 2.30. The molecule has 24 heavy (non-hydrogen) atoms. The minimum absolute atomic E-state index is 0.0932. The van der Waals surface area contributed by atoms with E-state index in [0.717, 1.165) is 0 Å². The first-order valence-electron chi connectivity index (χ1n) is 7.41. The summed E-state index contributed by atoms with van der Waals surface area (Å²) in [5.74, 6) is -0.280. The molecule has 0 amide bonds. The van der Waals surface area contributed by atoms with E-state index in [2.05, 4.69) is 67.8 Å². The van der Waals surface area contributed by atoms with Crippen LogP contribution in [0, 0.1) is 0 Å². The quantitative estimate of drug-likeness (QED) is 0.217. The van der Waals surface area contributed by atoms with Crippen molar-refractivity contribution in [1.29, 1.82) is 0 Å². The summed E-state index contributed by atoms with van der Waals surface area (Å²) in [5, 5.41) is 0. The lowest BCUT2D eigenvalue weighted by Gasteiger charge is -2.20. The minimum Gasteiger partial charge on any atom is -0.293 e. The van der Waals surface area contributed by atoms with Crippen molar-refractivity contribution in [2.24, 2.45) is 0 Å². The third-order valence-corrected chi connectivity index (χ3v) is 4.81. The van der Waals surface area contributed by atoms with Crippen molar-refractivity contribution >= 4 is 85.1 Å². The van der Waals surface area contributed by atoms with Crippen LogP contribution in [0.1, 0.15) is 72.6 Å². The lowest BCUT2D eigenvalue weighted by molar-refractivity contribution is 0.0965. The van der Waals surface area contributed by atoms with Gasteiger partial charge in [0.25, 0.3) is 0 Å². The van der Waals surface area contributed by atoms with Gasteiger partial charge in [0.15, 0.2) is 17.3 Å². The molecular weight excluding hydrogens is 645 g/mol. The van der Waals surface area contributed by atoms with E-state index >= 15 is 0 Å². The number of halogens is 3. The fourth-order valence-electron chi connectivity index (χ4n) is 2.05.